The molecule has 0 aromatic carbocycles. The van der Waals surface area contributed by atoms with E-state index in [9.17, 15) is 9.18 Å². The summed E-state index contributed by atoms with van der Waals surface area (Å²) >= 11 is 0. The molecule has 1 rings (SSSR count). The number of hydrogen-bond donors (Lipinski definition) is 2. The first-order valence-electron chi connectivity index (χ1n) is 3.00. The van der Waals surface area contributed by atoms with Crippen molar-refractivity contribution in [3.05, 3.63) is 0 Å². The minimum atomic E-state index is -1.15. The minimum absolute atomic E-state index is 0.0868. The third-order valence-electron chi connectivity index (χ3n) is 1.54. The van der Waals surface area contributed by atoms with Gasteiger partial charge in [0.2, 0.25) is 0 Å². The maximum absolute atomic E-state index is 12.4. The van der Waals surface area contributed by atoms with E-state index in [1.165, 1.54) is 0 Å². The number of nitrogens with zero attached hydrogens (tertiary/aromatic N) is 1. The number of alkyl halides is 1. The summed E-state index contributed by atoms with van der Waals surface area (Å²) in [5.74, 6) is 0. The number of carboxylic acid groups (broad SMARTS) is 1. The Morgan fingerprint density at radius 2 is 2.40 bits per heavy atom. The van der Waals surface area contributed by atoms with Gasteiger partial charge in [0.25, 0.3) is 0 Å². The lowest BCUT2D eigenvalue weighted by molar-refractivity contribution is 0.139. The molecule has 0 aliphatic carbocycles. The molecule has 0 spiro atoms. The van der Waals surface area contributed by atoms with Gasteiger partial charge < -0.3 is 10.8 Å². The smallest absolute Gasteiger partial charge is 0.408 e. The lowest BCUT2D eigenvalue weighted by atomic mass is 10.3. The first-order chi connectivity index (χ1) is 4.61. The Labute approximate surface area is 57.4 Å². The Morgan fingerprint density at radius 1 is 1.80 bits per heavy atom. The van der Waals surface area contributed by atoms with Gasteiger partial charge in [-0.15, -0.1) is 0 Å². The molecule has 2 unspecified atom stereocenters. The van der Waals surface area contributed by atoms with Crippen LogP contribution in [-0.2, 0) is 0 Å². The van der Waals surface area contributed by atoms with Gasteiger partial charge in [-0.25, -0.2) is 9.18 Å². The highest BCUT2D eigenvalue weighted by molar-refractivity contribution is 5.65. The summed E-state index contributed by atoms with van der Waals surface area (Å²) in [4.78, 5) is 11.1. The summed E-state index contributed by atoms with van der Waals surface area (Å²) in [6.45, 7) is -0.0868. The van der Waals surface area contributed by atoms with Gasteiger partial charge in [0.15, 0.2) is 0 Å². The van der Waals surface area contributed by atoms with Crippen LogP contribution in [0.3, 0.4) is 0 Å². The molecule has 0 aromatic heterocycles. The van der Waals surface area contributed by atoms with Crippen LogP contribution in [0.5, 0.6) is 0 Å². The Hall–Kier alpha value is -0.840. The van der Waals surface area contributed by atoms with E-state index in [4.69, 9.17) is 10.8 Å². The predicted molar refractivity (Wildman–Crippen MR) is 32.2 cm³/mol. The number of hydrogen-bond acceptors (Lipinski definition) is 2. The number of nitrogens with two attached hydrogens (primary N) is 1. The highest BCUT2D eigenvalue weighted by Gasteiger charge is 2.32. The molecule has 1 heterocycles. The first kappa shape index (κ1) is 7.27. The van der Waals surface area contributed by atoms with Crippen LogP contribution in [0.1, 0.15) is 6.42 Å². The number of halogens is 1. The van der Waals surface area contributed by atoms with Crippen molar-refractivity contribution in [2.24, 2.45) is 5.73 Å². The molecule has 0 radical (unpaired) electrons. The molecule has 1 aliphatic rings. The third-order valence-corrected chi connectivity index (χ3v) is 1.54. The van der Waals surface area contributed by atoms with E-state index in [0.29, 0.717) is 0 Å². The Kier molecular flexibility index (Phi) is 1.76. The van der Waals surface area contributed by atoms with Crippen molar-refractivity contribution in [2.45, 2.75) is 18.8 Å². The molecule has 1 aliphatic heterocycles. The molecule has 58 valence electrons. The van der Waals surface area contributed by atoms with E-state index >= 15 is 0 Å². The second-order valence-corrected chi connectivity index (χ2v) is 2.34. The van der Waals surface area contributed by atoms with Crippen molar-refractivity contribution in [3.63, 3.8) is 0 Å². The van der Waals surface area contributed by atoms with Crippen LogP contribution in [0, 0.1) is 0 Å². The fraction of sp³-hybridized carbons (Fsp3) is 0.800. The fourth-order valence-electron chi connectivity index (χ4n) is 1.03. The van der Waals surface area contributed by atoms with Gasteiger partial charge >= 0.3 is 6.09 Å². The SMILES string of the molecule is NC1CC(F)CN1C(=O)O. The van der Waals surface area contributed by atoms with E-state index < -0.39 is 18.4 Å². The molecule has 5 heteroatoms. The zero-order chi connectivity index (χ0) is 7.72. The van der Waals surface area contributed by atoms with Gasteiger partial charge in [-0.1, -0.05) is 0 Å². The maximum Gasteiger partial charge on any atom is 0.408 e. The van der Waals surface area contributed by atoms with Crippen LogP contribution in [0.15, 0.2) is 0 Å². The number of rotatable bonds is 0. The maximum atomic E-state index is 12.4. The molecule has 10 heavy (non-hydrogen) atoms. The van der Waals surface area contributed by atoms with Crippen LogP contribution in [0.25, 0.3) is 0 Å². The summed E-state index contributed by atoms with van der Waals surface area (Å²) in [6.07, 6.45) is -2.78. The van der Waals surface area contributed by atoms with Crippen molar-refractivity contribution in [1.82, 2.24) is 4.90 Å². The van der Waals surface area contributed by atoms with Crippen molar-refractivity contribution in [1.29, 1.82) is 0 Å². The van der Waals surface area contributed by atoms with E-state index in [1.54, 1.807) is 0 Å². The second-order valence-electron chi connectivity index (χ2n) is 2.34. The monoisotopic (exact) mass is 148 g/mol. The first-order valence-corrected chi connectivity index (χ1v) is 3.00. The molecule has 4 nitrogen and oxygen atoms in total. The molecule has 1 saturated heterocycles. The van der Waals surface area contributed by atoms with Crippen molar-refractivity contribution in [2.75, 3.05) is 6.54 Å². The standard InChI is InChI=1S/C5H9FN2O2/c6-3-1-4(7)8(2-3)5(9)10/h3-4H,1-2,7H2,(H,9,10). The lowest BCUT2D eigenvalue weighted by Gasteiger charge is -2.15. The largest absolute Gasteiger partial charge is 0.465 e. The number of likely N-dealkylation sites (tertiary alicyclic amines) is 1. The fourth-order valence-corrected chi connectivity index (χ4v) is 1.03. The summed E-state index contributed by atoms with van der Waals surface area (Å²) in [7, 11) is 0. The normalized spacial score (nSPS) is 32.8. The van der Waals surface area contributed by atoms with Crippen molar-refractivity contribution >= 4 is 6.09 Å². The average Bonchev–Trinajstić information content (AvgIpc) is 2.10. The summed E-state index contributed by atoms with van der Waals surface area (Å²) in [5, 5.41) is 8.38. The summed E-state index contributed by atoms with van der Waals surface area (Å²) in [5.41, 5.74) is 5.28. The third kappa shape index (κ3) is 1.18. The topological polar surface area (TPSA) is 66.6 Å². The lowest BCUT2D eigenvalue weighted by Crippen LogP contribution is -2.40. The van der Waals surface area contributed by atoms with E-state index in [0.717, 1.165) is 4.90 Å². The van der Waals surface area contributed by atoms with Gasteiger partial charge in [-0.2, -0.15) is 0 Å². The van der Waals surface area contributed by atoms with Crippen LogP contribution in [0.2, 0.25) is 0 Å². The van der Waals surface area contributed by atoms with Crippen LogP contribution in [0.4, 0.5) is 9.18 Å². The second kappa shape index (κ2) is 2.42. The predicted octanol–water partition coefficient (Wildman–Crippen LogP) is -0.00700. The molecule has 1 fully saturated rings. The molecule has 1 amide bonds. The molecule has 3 N–H and O–H groups in total. The molecule has 0 bridgehead atoms. The van der Waals surface area contributed by atoms with Crippen molar-refractivity contribution < 1.29 is 14.3 Å². The number of carbonyl (C=O) groups is 1. The van der Waals surface area contributed by atoms with Gasteiger partial charge in [0.1, 0.15) is 6.17 Å². The highest BCUT2D eigenvalue weighted by atomic mass is 19.1. The van der Waals surface area contributed by atoms with Gasteiger partial charge in [0.05, 0.1) is 12.7 Å². The molecular formula is C5H9FN2O2. The highest BCUT2D eigenvalue weighted by Crippen LogP contribution is 2.15. The zero-order valence-corrected chi connectivity index (χ0v) is 5.33. The van der Waals surface area contributed by atoms with E-state index in [-0.39, 0.29) is 13.0 Å². The van der Waals surface area contributed by atoms with Crippen LogP contribution >= 0.6 is 0 Å². The molecule has 0 saturated carbocycles. The van der Waals surface area contributed by atoms with Crippen LogP contribution in [-0.4, -0.2) is 35.0 Å². The van der Waals surface area contributed by atoms with Gasteiger partial charge in [0, 0.05) is 6.42 Å². The summed E-state index contributed by atoms with van der Waals surface area (Å²) < 4.78 is 12.4. The molecule has 0 aromatic rings. The van der Waals surface area contributed by atoms with Gasteiger partial charge in [-0.05, 0) is 0 Å². The quantitative estimate of drug-likeness (QED) is 0.507. The van der Waals surface area contributed by atoms with Gasteiger partial charge in [-0.3, -0.25) is 4.90 Å². The zero-order valence-electron chi connectivity index (χ0n) is 5.33. The summed E-state index contributed by atoms with van der Waals surface area (Å²) in [6, 6.07) is 0. The Balaban J connectivity index is 2.54. The van der Waals surface area contributed by atoms with E-state index in [1.807, 2.05) is 0 Å². The van der Waals surface area contributed by atoms with Crippen LogP contribution < -0.4 is 5.73 Å². The van der Waals surface area contributed by atoms with Crippen molar-refractivity contribution in [3.8, 4) is 0 Å². The molecule has 2 atom stereocenters. The molecular weight excluding hydrogens is 139 g/mol. The average molecular weight is 148 g/mol. The Morgan fingerprint density at radius 3 is 2.60 bits per heavy atom. The van der Waals surface area contributed by atoms with E-state index in [2.05, 4.69) is 0 Å². The minimum Gasteiger partial charge on any atom is -0.465 e. The number of amides is 1. The Bertz CT molecular complexity index is 153.